The number of hydrogen-bond donors (Lipinski definition) is 3. The standard InChI is InChI=1S/C13H15FN2O/c14-10-6-8-3-5-15-11(8)7-9(10)13-12(17)2-1-4-16-13/h3,5-7,12-13,15-17H,1-2,4H2. The summed E-state index contributed by atoms with van der Waals surface area (Å²) in [6.07, 6.45) is 2.94. The SMILES string of the molecule is OC1CCCNC1c1cc2[nH]ccc2cc1F. The average Bonchev–Trinajstić information content (AvgIpc) is 2.76. The maximum Gasteiger partial charge on any atom is 0.128 e. The maximum atomic E-state index is 14.0. The molecule has 2 heterocycles. The fraction of sp³-hybridized carbons (Fsp3) is 0.385. The third kappa shape index (κ3) is 1.83. The van der Waals surface area contributed by atoms with Gasteiger partial charge in [0.2, 0.25) is 0 Å². The van der Waals surface area contributed by atoms with E-state index in [1.165, 1.54) is 6.07 Å². The molecule has 0 radical (unpaired) electrons. The molecule has 4 heteroatoms. The van der Waals surface area contributed by atoms with Crippen LogP contribution in [0.4, 0.5) is 4.39 Å². The Morgan fingerprint density at radius 3 is 3.06 bits per heavy atom. The molecule has 3 rings (SSSR count). The van der Waals surface area contributed by atoms with Crippen LogP contribution in [0.1, 0.15) is 24.4 Å². The normalized spacial score (nSPS) is 25.3. The minimum Gasteiger partial charge on any atom is -0.391 e. The Labute approximate surface area is 98.7 Å². The van der Waals surface area contributed by atoms with Gasteiger partial charge in [0, 0.05) is 22.7 Å². The molecule has 0 amide bonds. The Hall–Kier alpha value is -1.39. The number of benzene rings is 1. The number of hydrogen-bond acceptors (Lipinski definition) is 2. The van der Waals surface area contributed by atoms with E-state index in [0.29, 0.717) is 5.56 Å². The topological polar surface area (TPSA) is 48.0 Å². The highest BCUT2D eigenvalue weighted by atomic mass is 19.1. The summed E-state index contributed by atoms with van der Waals surface area (Å²) in [7, 11) is 0. The monoisotopic (exact) mass is 234 g/mol. The predicted molar refractivity (Wildman–Crippen MR) is 64.2 cm³/mol. The Kier molecular flexibility index (Phi) is 2.61. The second kappa shape index (κ2) is 4.13. The molecule has 0 saturated carbocycles. The lowest BCUT2D eigenvalue weighted by Gasteiger charge is -2.29. The van der Waals surface area contributed by atoms with Crippen LogP contribution in [0, 0.1) is 5.82 Å². The van der Waals surface area contributed by atoms with Gasteiger partial charge < -0.3 is 15.4 Å². The summed E-state index contributed by atoms with van der Waals surface area (Å²) in [5.74, 6) is -0.254. The summed E-state index contributed by atoms with van der Waals surface area (Å²) in [5.41, 5.74) is 1.45. The van der Waals surface area contributed by atoms with Crippen molar-refractivity contribution in [2.45, 2.75) is 25.0 Å². The molecular weight excluding hydrogens is 219 g/mol. The van der Waals surface area contributed by atoms with E-state index in [9.17, 15) is 9.50 Å². The summed E-state index contributed by atoms with van der Waals surface area (Å²) in [4.78, 5) is 3.07. The first-order valence-corrected chi connectivity index (χ1v) is 5.94. The highest BCUT2D eigenvalue weighted by Gasteiger charge is 2.26. The van der Waals surface area contributed by atoms with Crippen LogP contribution in [0.15, 0.2) is 24.4 Å². The van der Waals surface area contributed by atoms with Crippen LogP contribution in [-0.2, 0) is 0 Å². The minimum atomic E-state index is -0.509. The summed E-state index contributed by atoms with van der Waals surface area (Å²) in [6.45, 7) is 0.823. The molecule has 1 aliphatic heterocycles. The molecule has 0 spiro atoms. The van der Waals surface area contributed by atoms with Crippen LogP contribution in [-0.4, -0.2) is 22.7 Å². The van der Waals surface area contributed by atoms with Crippen molar-refractivity contribution in [3.8, 4) is 0 Å². The molecule has 3 nitrogen and oxygen atoms in total. The molecule has 3 N–H and O–H groups in total. The molecule has 1 aromatic carbocycles. The smallest absolute Gasteiger partial charge is 0.128 e. The fourth-order valence-corrected chi connectivity index (χ4v) is 2.52. The van der Waals surface area contributed by atoms with E-state index < -0.39 is 6.10 Å². The van der Waals surface area contributed by atoms with Crippen molar-refractivity contribution in [2.75, 3.05) is 6.54 Å². The van der Waals surface area contributed by atoms with Gasteiger partial charge in [-0.25, -0.2) is 4.39 Å². The van der Waals surface area contributed by atoms with E-state index in [0.717, 1.165) is 30.3 Å². The molecule has 90 valence electrons. The van der Waals surface area contributed by atoms with Crippen molar-refractivity contribution in [1.29, 1.82) is 0 Å². The first-order valence-electron chi connectivity index (χ1n) is 5.94. The summed E-state index contributed by atoms with van der Waals surface area (Å²) in [5, 5.41) is 14.0. The van der Waals surface area contributed by atoms with Crippen LogP contribution in [0.2, 0.25) is 0 Å². The zero-order valence-electron chi connectivity index (χ0n) is 9.41. The summed E-state index contributed by atoms with van der Waals surface area (Å²) >= 11 is 0. The number of nitrogens with one attached hydrogen (secondary N) is 2. The van der Waals surface area contributed by atoms with E-state index in [1.807, 2.05) is 6.07 Å². The largest absolute Gasteiger partial charge is 0.391 e. The first-order chi connectivity index (χ1) is 8.25. The van der Waals surface area contributed by atoms with Crippen LogP contribution in [0.5, 0.6) is 0 Å². The second-order valence-electron chi connectivity index (χ2n) is 4.58. The Morgan fingerprint density at radius 2 is 2.24 bits per heavy atom. The molecule has 1 saturated heterocycles. The van der Waals surface area contributed by atoms with Gasteiger partial charge >= 0.3 is 0 Å². The lowest BCUT2D eigenvalue weighted by atomic mass is 9.94. The van der Waals surface area contributed by atoms with Gasteiger partial charge in [-0.15, -0.1) is 0 Å². The number of fused-ring (bicyclic) bond motifs is 1. The summed E-state index contributed by atoms with van der Waals surface area (Å²) in [6, 6.07) is 4.85. The first kappa shape index (κ1) is 10.7. The van der Waals surface area contributed by atoms with Crippen LogP contribution in [0.25, 0.3) is 10.9 Å². The van der Waals surface area contributed by atoms with Crippen molar-refractivity contribution < 1.29 is 9.50 Å². The zero-order valence-corrected chi connectivity index (χ0v) is 9.41. The van der Waals surface area contributed by atoms with Crippen LogP contribution in [0.3, 0.4) is 0 Å². The van der Waals surface area contributed by atoms with Gasteiger partial charge in [0.1, 0.15) is 5.82 Å². The molecule has 0 aliphatic carbocycles. The number of aliphatic hydroxyl groups excluding tert-OH is 1. The predicted octanol–water partition coefficient (Wildman–Crippen LogP) is 2.09. The zero-order chi connectivity index (χ0) is 11.8. The van der Waals surface area contributed by atoms with Gasteiger partial charge in [-0.05, 0) is 37.6 Å². The van der Waals surface area contributed by atoms with Gasteiger partial charge in [0.25, 0.3) is 0 Å². The van der Waals surface area contributed by atoms with Crippen LogP contribution >= 0.6 is 0 Å². The third-order valence-electron chi connectivity index (χ3n) is 3.43. The number of aromatic nitrogens is 1. The van der Waals surface area contributed by atoms with E-state index in [4.69, 9.17) is 0 Å². The average molecular weight is 234 g/mol. The van der Waals surface area contributed by atoms with Crippen molar-refractivity contribution in [1.82, 2.24) is 10.3 Å². The van der Waals surface area contributed by atoms with Crippen molar-refractivity contribution >= 4 is 10.9 Å². The molecule has 2 atom stereocenters. The number of aromatic amines is 1. The van der Waals surface area contributed by atoms with E-state index in [1.54, 1.807) is 12.3 Å². The fourth-order valence-electron chi connectivity index (χ4n) is 2.52. The Bertz CT molecular complexity index is 537. The number of aliphatic hydroxyl groups is 1. The number of piperidine rings is 1. The summed E-state index contributed by atoms with van der Waals surface area (Å²) < 4.78 is 14.0. The minimum absolute atomic E-state index is 0.254. The molecule has 1 aromatic heterocycles. The number of halogens is 1. The van der Waals surface area contributed by atoms with Gasteiger partial charge in [0.15, 0.2) is 0 Å². The van der Waals surface area contributed by atoms with Gasteiger partial charge in [-0.3, -0.25) is 0 Å². The molecule has 0 bridgehead atoms. The number of H-pyrrole nitrogens is 1. The van der Waals surface area contributed by atoms with E-state index in [-0.39, 0.29) is 11.9 Å². The van der Waals surface area contributed by atoms with Crippen molar-refractivity contribution in [3.63, 3.8) is 0 Å². The third-order valence-corrected chi connectivity index (χ3v) is 3.43. The van der Waals surface area contributed by atoms with Gasteiger partial charge in [0.05, 0.1) is 12.1 Å². The van der Waals surface area contributed by atoms with Crippen LogP contribution < -0.4 is 5.32 Å². The highest BCUT2D eigenvalue weighted by Crippen LogP contribution is 2.28. The van der Waals surface area contributed by atoms with Gasteiger partial charge in [-0.1, -0.05) is 0 Å². The quantitative estimate of drug-likeness (QED) is 0.707. The highest BCUT2D eigenvalue weighted by molar-refractivity contribution is 5.80. The second-order valence-corrected chi connectivity index (χ2v) is 4.58. The number of rotatable bonds is 1. The van der Waals surface area contributed by atoms with Crippen molar-refractivity contribution in [3.05, 3.63) is 35.8 Å². The Morgan fingerprint density at radius 1 is 1.35 bits per heavy atom. The molecule has 2 unspecified atom stereocenters. The Balaban J connectivity index is 2.05. The van der Waals surface area contributed by atoms with Crippen molar-refractivity contribution in [2.24, 2.45) is 0 Å². The lowest BCUT2D eigenvalue weighted by molar-refractivity contribution is 0.0949. The molecule has 1 fully saturated rings. The van der Waals surface area contributed by atoms with E-state index in [2.05, 4.69) is 10.3 Å². The molecule has 1 aliphatic rings. The molecule has 2 aromatic rings. The molecule has 17 heavy (non-hydrogen) atoms. The molecular formula is C13H15FN2O. The van der Waals surface area contributed by atoms with Gasteiger partial charge in [-0.2, -0.15) is 0 Å². The lowest BCUT2D eigenvalue weighted by Crippen LogP contribution is -2.38. The maximum absolute atomic E-state index is 14.0. The van der Waals surface area contributed by atoms with E-state index >= 15 is 0 Å².